The van der Waals surface area contributed by atoms with Gasteiger partial charge in [0, 0.05) is 27.1 Å². The Bertz CT molecular complexity index is 1430. The lowest BCUT2D eigenvalue weighted by Gasteiger charge is -2.10. The minimum absolute atomic E-state index is 0.131. The molecule has 33 heavy (non-hydrogen) atoms. The van der Waals surface area contributed by atoms with Crippen LogP contribution < -0.4 is 5.32 Å². The van der Waals surface area contributed by atoms with E-state index in [1.165, 1.54) is 0 Å². The Kier molecular flexibility index (Phi) is 5.99. The molecule has 0 radical (unpaired) electrons. The zero-order valence-electron chi connectivity index (χ0n) is 17.6. The van der Waals surface area contributed by atoms with E-state index in [1.54, 1.807) is 18.0 Å². The third-order valence-electron chi connectivity index (χ3n) is 5.05. The predicted molar refractivity (Wildman–Crippen MR) is 134 cm³/mol. The molecule has 5 nitrogen and oxygen atoms in total. The van der Waals surface area contributed by atoms with Crippen LogP contribution in [0.5, 0.6) is 0 Å². The lowest BCUT2D eigenvalue weighted by molar-refractivity contribution is 0.102. The quantitative estimate of drug-likeness (QED) is 0.310. The standard InChI is InChI=1S/C27H20N4OS/c32-27(29-20-9-2-1-3-10-20)23-11-4-5-12-26(23)33-21-14-15-22-24(30-31-25(22)18-21)16-13-19-8-6-7-17-28-19/h1-18H,(H,29,32)(H,30,31). The maximum absolute atomic E-state index is 12.9. The van der Waals surface area contributed by atoms with Crippen LogP contribution in [0.3, 0.4) is 0 Å². The van der Waals surface area contributed by atoms with E-state index in [9.17, 15) is 4.79 Å². The van der Waals surface area contributed by atoms with Gasteiger partial charge in [-0.15, -0.1) is 0 Å². The molecule has 1 amide bonds. The first kappa shape index (κ1) is 20.7. The molecule has 0 saturated carbocycles. The molecule has 5 rings (SSSR count). The van der Waals surface area contributed by atoms with E-state index in [4.69, 9.17) is 0 Å². The molecule has 5 aromatic rings. The number of fused-ring (bicyclic) bond motifs is 1. The van der Waals surface area contributed by atoms with E-state index in [0.29, 0.717) is 5.56 Å². The topological polar surface area (TPSA) is 70.7 Å². The van der Waals surface area contributed by atoms with Crippen molar-refractivity contribution in [3.63, 3.8) is 0 Å². The maximum atomic E-state index is 12.9. The highest BCUT2D eigenvalue weighted by molar-refractivity contribution is 7.99. The largest absolute Gasteiger partial charge is 0.322 e. The van der Waals surface area contributed by atoms with Crippen molar-refractivity contribution in [1.82, 2.24) is 15.2 Å². The van der Waals surface area contributed by atoms with E-state index in [-0.39, 0.29) is 5.91 Å². The molecule has 0 saturated heterocycles. The van der Waals surface area contributed by atoms with E-state index in [2.05, 4.69) is 26.6 Å². The molecular weight excluding hydrogens is 428 g/mol. The van der Waals surface area contributed by atoms with Gasteiger partial charge in [0.05, 0.1) is 22.5 Å². The summed E-state index contributed by atoms with van der Waals surface area (Å²) < 4.78 is 0. The maximum Gasteiger partial charge on any atom is 0.256 e. The number of anilines is 1. The summed E-state index contributed by atoms with van der Waals surface area (Å²) in [5.41, 5.74) is 4.08. The number of amides is 1. The third-order valence-corrected chi connectivity index (χ3v) is 6.12. The van der Waals surface area contributed by atoms with Crippen molar-refractivity contribution in [3.8, 4) is 0 Å². The Balaban J connectivity index is 1.37. The Hall–Kier alpha value is -4.16. The highest BCUT2D eigenvalue weighted by Gasteiger charge is 2.13. The van der Waals surface area contributed by atoms with Crippen LogP contribution in [0.15, 0.2) is 107 Å². The van der Waals surface area contributed by atoms with Gasteiger partial charge in [-0.3, -0.25) is 14.9 Å². The molecular formula is C27H20N4OS. The molecule has 0 fully saturated rings. The van der Waals surface area contributed by atoms with Crippen molar-refractivity contribution < 1.29 is 4.79 Å². The normalized spacial score (nSPS) is 11.2. The van der Waals surface area contributed by atoms with E-state index in [0.717, 1.165) is 37.8 Å². The number of carbonyl (C=O) groups is 1. The molecule has 2 heterocycles. The summed E-state index contributed by atoms with van der Waals surface area (Å²) >= 11 is 1.55. The summed E-state index contributed by atoms with van der Waals surface area (Å²) in [4.78, 5) is 19.1. The second kappa shape index (κ2) is 9.54. The predicted octanol–water partition coefficient (Wildman–Crippen LogP) is 6.53. The van der Waals surface area contributed by atoms with Gasteiger partial charge in [0.1, 0.15) is 0 Å². The first-order chi connectivity index (χ1) is 16.3. The second-order valence-corrected chi connectivity index (χ2v) is 8.44. The number of rotatable bonds is 6. The number of pyridine rings is 1. The molecule has 0 bridgehead atoms. The van der Waals surface area contributed by atoms with Gasteiger partial charge in [-0.1, -0.05) is 48.2 Å². The van der Waals surface area contributed by atoms with Crippen molar-refractivity contribution in [3.05, 3.63) is 114 Å². The molecule has 6 heteroatoms. The highest BCUT2D eigenvalue weighted by Crippen LogP contribution is 2.33. The summed E-state index contributed by atoms with van der Waals surface area (Å²) in [5, 5.41) is 11.5. The fraction of sp³-hybridized carbons (Fsp3) is 0. The van der Waals surface area contributed by atoms with Crippen molar-refractivity contribution >= 4 is 46.4 Å². The van der Waals surface area contributed by atoms with Gasteiger partial charge >= 0.3 is 0 Å². The molecule has 160 valence electrons. The third kappa shape index (κ3) is 4.86. The number of nitrogens with zero attached hydrogens (tertiary/aromatic N) is 2. The number of aromatic amines is 1. The van der Waals surface area contributed by atoms with Gasteiger partial charge in [-0.2, -0.15) is 5.10 Å². The minimum Gasteiger partial charge on any atom is -0.322 e. The molecule has 0 aliphatic carbocycles. The molecule has 3 aromatic carbocycles. The SMILES string of the molecule is O=C(Nc1ccccc1)c1ccccc1Sc1ccc2c(C=Cc3ccccn3)n[nH]c2c1. The number of para-hydroxylation sites is 1. The molecule has 0 spiro atoms. The van der Waals surface area contributed by atoms with Gasteiger partial charge < -0.3 is 5.32 Å². The number of H-pyrrole nitrogens is 1. The number of hydrogen-bond donors (Lipinski definition) is 2. The van der Waals surface area contributed by atoms with Crippen LogP contribution in [0, 0.1) is 0 Å². The summed E-state index contributed by atoms with van der Waals surface area (Å²) in [7, 11) is 0. The van der Waals surface area contributed by atoms with Crippen molar-refractivity contribution in [2.75, 3.05) is 5.32 Å². The Morgan fingerprint density at radius 2 is 1.70 bits per heavy atom. The molecule has 0 unspecified atom stereocenters. The van der Waals surface area contributed by atoms with E-state index < -0.39 is 0 Å². The van der Waals surface area contributed by atoms with Crippen molar-refractivity contribution in [1.29, 1.82) is 0 Å². The fourth-order valence-corrected chi connectivity index (χ4v) is 4.42. The summed E-state index contributed by atoms with van der Waals surface area (Å²) in [6.45, 7) is 0. The zero-order chi connectivity index (χ0) is 22.5. The van der Waals surface area contributed by atoms with Crippen LogP contribution in [0.25, 0.3) is 23.1 Å². The van der Waals surface area contributed by atoms with Gasteiger partial charge in [-0.05, 0) is 66.7 Å². The number of aromatic nitrogens is 3. The van der Waals surface area contributed by atoms with Crippen LogP contribution >= 0.6 is 11.8 Å². The van der Waals surface area contributed by atoms with Gasteiger partial charge in [0.15, 0.2) is 0 Å². The van der Waals surface area contributed by atoms with Crippen molar-refractivity contribution in [2.24, 2.45) is 0 Å². The average Bonchev–Trinajstić information content (AvgIpc) is 3.26. The monoisotopic (exact) mass is 448 g/mol. The van der Waals surface area contributed by atoms with Crippen LogP contribution in [-0.4, -0.2) is 21.1 Å². The number of nitrogens with one attached hydrogen (secondary N) is 2. The molecule has 0 aliphatic rings. The van der Waals surface area contributed by atoms with Gasteiger partial charge in [0.25, 0.3) is 5.91 Å². The highest BCUT2D eigenvalue weighted by atomic mass is 32.2. The average molecular weight is 449 g/mol. The minimum atomic E-state index is -0.131. The van der Waals surface area contributed by atoms with Crippen LogP contribution in [-0.2, 0) is 0 Å². The fourth-order valence-electron chi connectivity index (χ4n) is 3.44. The van der Waals surface area contributed by atoms with E-state index >= 15 is 0 Å². The summed E-state index contributed by atoms with van der Waals surface area (Å²) in [5.74, 6) is -0.131. The smallest absolute Gasteiger partial charge is 0.256 e. The lowest BCUT2D eigenvalue weighted by Crippen LogP contribution is -2.12. The lowest BCUT2D eigenvalue weighted by atomic mass is 10.2. The molecule has 2 aromatic heterocycles. The Morgan fingerprint density at radius 3 is 2.55 bits per heavy atom. The summed E-state index contributed by atoms with van der Waals surface area (Å²) in [6.07, 6.45) is 5.67. The molecule has 0 atom stereocenters. The first-order valence-electron chi connectivity index (χ1n) is 10.5. The first-order valence-corrected chi connectivity index (χ1v) is 11.3. The second-order valence-electron chi connectivity index (χ2n) is 7.32. The number of hydrogen-bond acceptors (Lipinski definition) is 4. The zero-order valence-corrected chi connectivity index (χ0v) is 18.4. The van der Waals surface area contributed by atoms with Gasteiger partial charge in [-0.25, -0.2) is 0 Å². The Labute approximate surface area is 195 Å². The number of carbonyl (C=O) groups excluding carboxylic acids is 1. The number of benzene rings is 3. The molecule has 2 N–H and O–H groups in total. The van der Waals surface area contributed by atoms with Crippen LogP contribution in [0.2, 0.25) is 0 Å². The summed E-state index contributed by atoms with van der Waals surface area (Å²) in [6, 6.07) is 29.0. The van der Waals surface area contributed by atoms with Crippen molar-refractivity contribution in [2.45, 2.75) is 9.79 Å². The molecule has 0 aliphatic heterocycles. The van der Waals surface area contributed by atoms with Gasteiger partial charge in [0.2, 0.25) is 0 Å². The van der Waals surface area contributed by atoms with Crippen LogP contribution in [0.4, 0.5) is 5.69 Å². The van der Waals surface area contributed by atoms with E-state index in [1.807, 2.05) is 97.1 Å². The van der Waals surface area contributed by atoms with Crippen LogP contribution in [0.1, 0.15) is 21.7 Å². The Morgan fingerprint density at radius 1 is 0.879 bits per heavy atom.